The Kier molecular flexibility index (Phi) is 5.97. The molecule has 1 N–H and O–H groups in total. The third-order valence-corrected chi connectivity index (χ3v) is 4.99. The zero-order valence-electron chi connectivity index (χ0n) is 16.7. The number of hydrogen-bond acceptors (Lipinski definition) is 9. The highest BCUT2D eigenvalue weighted by Crippen LogP contribution is 2.23. The van der Waals surface area contributed by atoms with E-state index >= 15 is 0 Å². The molecule has 9 heteroatoms. The predicted octanol–water partition coefficient (Wildman–Crippen LogP) is 1.86. The molecule has 1 aliphatic rings. The van der Waals surface area contributed by atoms with Gasteiger partial charge in [0.1, 0.15) is 11.6 Å². The minimum Gasteiger partial charge on any atom is -0.497 e. The Hall–Kier alpha value is -3.04. The van der Waals surface area contributed by atoms with Gasteiger partial charge in [-0.2, -0.15) is 4.98 Å². The first-order chi connectivity index (χ1) is 14.2. The Morgan fingerprint density at radius 1 is 1.03 bits per heavy atom. The van der Waals surface area contributed by atoms with Crippen molar-refractivity contribution in [2.45, 2.75) is 0 Å². The lowest BCUT2D eigenvalue weighted by atomic mass is 10.2. The fraction of sp³-hybridized carbons (Fsp3) is 0.400. The Labute approximate surface area is 169 Å². The van der Waals surface area contributed by atoms with Crippen LogP contribution in [0.15, 0.2) is 40.9 Å². The monoisotopic (exact) mass is 395 g/mol. The van der Waals surface area contributed by atoms with Gasteiger partial charge in [-0.1, -0.05) is 5.16 Å². The number of piperazine rings is 1. The van der Waals surface area contributed by atoms with Gasteiger partial charge in [0.25, 0.3) is 5.89 Å². The second-order valence-corrected chi connectivity index (χ2v) is 7.03. The molecule has 0 aliphatic carbocycles. The summed E-state index contributed by atoms with van der Waals surface area (Å²) in [7, 11) is 3.79. The number of ether oxygens (including phenoxy) is 1. The lowest BCUT2D eigenvalue weighted by molar-refractivity contribution is 0.158. The highest BCUT2D eigenvalue weighted by molar-refractivity contribution is 5.59. The van der Waals surface area contributed by atoms with Crippen LogP contribution in [-0.2, 0) is 0 Å². The summed E-state index contributed by atoms with van der Waals surface area (Å²) in [5.41, 5.74) is 1.39. The second kappa shape index (κ2) is 8.97. The van der Waals surface area contributed by atoms with Crippen molar-refractivity contribution >= 4 is 5.82 Å². The van der Waals surface area contributed by atoms with Crippen LogP contribution >= 0.6 is 0 Å². The Morgan fingerprint density at radius 3 is 2.52 bits per heavy atom. The van der Waals surface area contributed by atoms with E-state index in [4.69, 9.17) is 9.26 Å². The number of hydrogen-bond donors (Lipinski definition) is 1. The molecule has 3 heterocycles. The van der Waals surface area contributed by atoms with Crippen molar-refractivity contribution in [1.29, 1.82) is 0 Å². The second-order valence-electron chi connectivity index (χ2n) is 7.03. The number of aromatic nitrogens is 4. The largest absolute Gasteiger partial charge is 0.497 e. The van der Waals surface area contributed by atoms with Crippen LogP contribution in [0.1, 0.15) is 0 Å². The van der Waals surface area contributed by atoms with E-state index in [1.807, 2.05) is 36.4 Å². The van der Waals surface area contributed by atoms with Crippen molar-refractivity contribution in [2.75, 3.05) is 58.7 Å². The molecule has 0 amide bonds. The molecule has 0 atom stereocenters. The summed E-state index contributed by atoms with van der Waals surface area (Å²) in [6.07, 6.45) is 0. The summed E-state index contributed by atoms with van der Waals surface area (Å²) in [5.74, 6) is 2.35. The molecule has 0 unspecified atom stereocenters. The summed E-state index contributed by atoms with van der Waals surface area (Å²) in [6.45, 7) is 6.29. The average Bonchev–Trinajstić information content (AvgIpc) is 3.26. The van der Waals surface area contributed by atoms with E-state index in [2.05, 4.69) is 42.5 Å². The van der Waals surface area contributed by atoms with Gasteiger partial charge >= 0.3 is 0 Å². The maximum absolute atomic E-state index is 5.34. The third kappa shape index (κ3) is 4.87. The van der Waals surface area contributed by atoms with Gasteiger partial charge in [0.2, 0.25) is 5.82 Å². The van der Waals surface area contributed by atoms with Crippen molar-refractivity contribution in [3.63, 3.8) is 0 Å². The van der Waals surface area contributed by atoms with E-state index in [-0.39, 0.29) is 0 Å². The molecule has 3 aromatic rings. The lowest BCUT2D eigenvalue weighted by Crippen LogP contribution is -2.45. The molecule has 1 aromatic carbocycles. The van der Waals surface area contributed by atoms with Gasteiger partial charge in [-0.15, -0.1) is 10.2 Å². The molecule has 2 aromatic heterocycles. The summed E-state index contributed by atoms with van der Waals surface area (Å²) in [5, 5.41) is 15.8. The molecule has 4 rings (SSSR count). The molecule has 0 spiro atoms. The number of anilines is 1. The highest BCUT2D eigenvalue weighted by Gasteiger charge is 2.14. The van der Waals surface area contributed by atoms with Crippen LogP contribution < -0.4 is 10.1 Å². The topological polar surface area (TPSA) is 92.4 Å². The zero-order valence-corrected chi connectivity index (χ0v) is 16.7. The van der Waals surface area contributed by atoms with E-state index in [9.17, 15) is 0 Å². The first kappa shape index (κ1) is 19.3. The first-order valence-corrected chi connectivity index (χ1v) is 9.68. The van der Waals surface area contributed by atoms with Gasteiger partial charge in [0.05, 0.1) is 7.11 Å². The van der Waals surface area contributed by atoms with E-state index in [1.54, 1.807) is 7.11 Å². The van der Waals surface area contributed by atoms with E-state index < -0.39 is 0 Å². The molecule has 0 bridgehead atoms. The van der Waals surface area contributed by atoms with Crippen molar-refractivity contribution in [3.8, 4) is 28.7 Å². The van der Waals surface area contributed by atoms with Crippen LogP contribution in [0.3, 0.4) is 0 Å². The van der Waals surface area contributed by atoms with Crippen LogP contribution in [0.4, 0.5) is 5.82 Å². The fourth-order valence-electron chi connectivity index (χ4n) is 3.14. The van der Waals surface area contributed by atoms with Crippen LogP contribution in [0.5, 0.6) is 5.75 Å². The minimum atomic E-state index is 0.340. The highest BCUT2D eigenvalue weighted by atomic mass is 16.5. The van der Waals surface area contributed by atoms with Gasteiger partial charge in [-0.3, -0.25) is 4.90 Å². The number of methoxy groups -OCH3 is 1. The maximum Gasteiger partial charge on any atom is 0.278 e. The summed E-state index contributed by atoms with van der Waals surface area (Å²) >= 11 is 0. The van der Waals surface area contributed by atoms with Gasteiger partial charge in [-0.25, -0.2) is 0 Å². The van der Waals surface area contributed by atoms with Crippen LogP contribution in [0, 0.1) is 0 Å². The van der Waals surface area contributed by atoms with Gasteiger partial charge < -0.3 is 19.5 Å². The van der Waals surface area contributed by atoms with Crippen molar-refractivity contribution in [1.82, 2.24) is 30.1 Å². The number of nitrogens with one attached hydrogen (secondary N) is 1. The quantitative estimate of drug-likeness (QED) is 0.643. The molecule has 0 radical (unpaired) electrons. The number of rotatable bonds is 7. The van der Waals surface area contributed by atoms with Crippen LogP contribution in [0.2, 0.25) is 0 Å². The van der Waals surface area contributed by atoms with Gasteiger partial charge in [-0.05, 0) is 43.4 Å². The normalized spacial score (nSPS) is 15.4. The lowest BCUT2D eigenvalue weighted by Gasteiger charge is -2.32. The molecule has 1 aliphatic heterocycles. The first-order valence-electron chi connectivity index (χ1n) is 9.68. The zero-order chi connectivity index (χ0) is 20.1. The standard InChI is InChI=1S/C20H25N7O2/c1-26-11-13-27(14-12-26)10-9-21-18-8-7-17(23-24-18)20-22-19(25-29-20)15-3-5-16(28-2)6-4-15/h3-8H,9-14H2,1-2H3,(H,21,24). The minimum absolute atomic E-state index is 0.340. The van der Waals surface area contributed by atoms with Crippen molar-refractivity contribution in [2.24, 2.45) is 0 Å². The van der Waals surface area contributed by atoms with Gasteiger partial charge in [0, 0.05) is 44.8 Å². The molecule has 29 heavy (non-hydrogen) atoms. The SMILES string of the molecule is COc1ccc(-c2noc(-c3ccc(NCCN4CCN(C)CC4)nn3)n2)cc1. The fourth-order valence-corrected chi connectivity index (χ4v) is 3.14. The number of likely N-dealkylation sites (N-methyl/N-ethyl adjacent to an activating group) is 1. The summed E-state index contributed by atoms with van der Waals surface area (Å²) < 4.78 is 10.5. The van der Waals surface area contributed by atoms with E-state index in [1.165, 1.54) is 0 Å². The maximum atomic E-state index is 5.34. The molecule has 152 valence electrons. The molecule has 1 fully saturated rings. The molecule has 9 nitrogen and oxygen atoms in total. The Bertz CT molecular complexity index is 903. The van der Waals surface area contributed by atoms with E-state index in [0.717, 1.165) is 56.4 Å². The number of benzene rings is 1. The summed E-state index contributed by atoms with van der Waals surface area (Å²) in [6, 6.07) is 11.2. The third-order valence-electron chi connectivity index (χ3n) is 4.99. The smallest absolute Gasteiger partial charge is 0.278 e. The Morgan fingerprint density at radius 2 is 1.83 bits per heavy atom. The van der Waals surface area contributed by atoms with Crippen molar-refractivity contribution < 1.29 is 9.26 Å². The Balaban J connectivity index is 1.32. The molecular formula is C20H25N7O2. The van der Waals surface area contributed by atoms with Crippen molar-refractivity contribution in [3.05, 3.63) is 36.4 Å². The van der Waals surface area contributed by atoms with Crippen LogP contribution in [0.25, 0.3) is 23.0 Å². The average molecular weight is 395 g/mol. The molecule has 0 saturated carbocycles. The molecule has 1 saturated heterocycles. The molecular weight excluding hydrogens is 370 g/mol. The summed E-state index contributed by atoms with van der Waals surface area (Å²) in [4.78, 5) is 9.22. The van der Waals surface area contributed by atoms with Gasteiger partial charge in [0.15, 0.2) is 5.69 Å². The van der Waals surface area contributed by atoms with E-state index in [0.29, 0.717) is 17.4 Å². The number of nitrogens with zero attached hydrogens (tertiary/aromatic N) is 6. The predicted molar refractivity (Wildman–Crippen MR) is 110 cm³/mol. The van der Waals surface area contributed by atoms with Crippen LogP contribution in [-0.4, -0.2) is 83.6 Å².